The minimum absolute atomic E-state index is 0.0105. The highest BCUT2D eigenvalue weighted by molar-refractivity contribution is 6.31. The molecule has 1 N–H and O–H groups in total. The lowest BCUT2D eigenvalue weighted by atomic mass is 10.2. The van der Waals surface area contributed by atoms with Gasteiger partial charge in [-0.25, -0.2) is 0 Å². The summed E-state index contributed by atoms with van der Waals surface area (Å²) in [5, 5.41) is 11.9. The fourth-order valence-corrected chi connectivity index (χ4v) is 2.87. The average Bonchev–Trinajstić information content (AvgIpc) is 2.93. The number of benzene rings is 2. The third kappa shape index (κ3) is 3.51. The minimum Gasteiger partial charge on any atom is -0.337 e. The summed E-state index contributed by atoms with van der Waals surface area (Å²) in [7, 11) is 0. The van der Waals surface area contributed by atoms with Gasteiger partial charge in [0.05, 0.1) is 16.1 Å². The summed E-state index contributed by atoms with van der Waals surface area (Å²) in [6, 6.07) is 12.3. The number of halogens is 4. The van der Waals surface area contributed by atoms with Gasteiger partial charge in [-0.1, -0.05) is 29.8 Å². The van der Waals surface area contributed by atoms with Crippen LogP contribution >= 0.6 is 11.6 Å². The molecule has 8 heteroatoms. The van der Waals surface area contributed by atoms with Crippen molar-refractivity contribution in [2.75, 3.05) is 5.32 Å². The summed E-state index contributed by atoms with van der Waals surface area (Å²) in [4.78, 5) is 12.2. The van der Waals surface area contributed by atoms with Crippen molar-refractivity contribution in [1.82, 2.24) is 4.57 Å². The smallest absolute Gasteiger partial charge is 0.337 e. The normalized spacial score (nSPS) is 11.3. The summed E-state index contributed by atoms with van der Waals surface area (Å²) in [5.41, 5.74) is 0.0735. The van der Waals surface area contributed by atoms with Crippen molar-refractivity contribution in [3.8, 4) is 6.07 Å². The van der Waals surface area contributed by atoms with Crippen molar-refractivity contribution in [2.45, 2.75) is 12.7 Å². The summed E-state index contributed by atoms with van der Waals surface area (Å²) >= 11 is 5.56. The highest BCUT2D eigenvalue weighted by Gasteiger charge is 2.33. The maximum Gasteiger partial charge on any atom is 0.417 e. The Morgan fingerprint density at radius 2 is 1.96 bits per heavy atom. The lowest BCUT2D eigenvalue weighted by molar-refractivity contribution is -0.137. The highest BCUT2D eigenvalue weighted by Crippen LogP contribution is 2.36. The van der Waals surface area contributed by atoms with E-state index in [1.54, 1.807) is 28.8 Å². The Bertz CT molecular complexity index is 1030. The number of nitrogens with one attached hydrogen (secondary N) is 1. The molecule has 4 nitrogen and oxygen atoms in total. The van der Waals surface area contributed by atoms with E-state index in [0.717, 1.165) is 12.1 Å². The minimum atomic E-state index is -4.61. The number of hydrogen-bond acceptors (Lipinski definition) is 2. The first-order valence-corrected chi connectivity index (χ1v) is 7.82. The number of amides is 1. The van der Waals surface area contributed by atoms with E-state index in [1.165, 1.54) is 12.3 Å². The van der Waals surface area contributed by atoms with Crippen LogP contribution < -0.4 is 5.32 Å². The van der Waals surface area contributed by atoms with Crippen molar-refractivity contribution < 1.29 is 18.0 Å². The summed E-state index contributed by atoms with van der Waals surface area (Å²) < 4.78 is 40.3. The molecule has 0 aliphatic rings. The molecule has 132 valence electrons. The molecule has 1 aromatic heterocycles. The predicted molar refractivity (Wildman–Crippen MR) is 91.7 cm³/mol. The standard InChI is InChI=1S/C18H11ClF3N3O/c19-15-6-5-12(7-14(15)18(20,21)22)24-17(26)10-25-9-11(8-23)13-3-1-2-4-16(13)25/h1-7,9H,10H2,(H,24,26). The SMILES string of the molecule is N#Cc1cn(CC(=O)Nc2ccc(Cl)c(C(F)(F)F)c2)c2ccccc12. The topological polar surface area (TPSA) is 57.8 Å². The van der Waals surface area contributed by atoms with Gasteiger partial charge in [-0.15, -0.1) is 0 Å². The fraction of sp³-hybridized carbons (Fsp3) is 0.111. The molecule has 3 rings (SSSR count). The van der Waals surface area contributed by atoms with Crippen molar-refractivity contribution in [2.24, 2.45) is 0 Å². The van der Waals surface area contributed by atoms with Crippen LogP contribution in [0.2, 0.25) is 5.02 Å². The van der Waals surface area contributed by atoms with E-state index < -0.39 is 22.7 Å². The molecule has 0 aliphatic heterocycles. The van der Waals surface area contributed by atoms with Crippen LogP contribution in [0.1, 0.15) is 11.1 Å². The number of carbonyl (C=O) groups excluding carboxylic acids is 1. The van der Waals surface area contributed by atoms with Crippen molar-refractivity contribution in [1.29, 1.82) is 5.26 Å². The number of alkyl halides is 3. The molecule has 0 fully saturated rings. The monoisotopic (exact) mass is 377 g/mol. The van der Waals surface area contributed by atoms with E-state index in [0.29, 0.717) is 16.5 Å². The van der Waals surface area contributed by atoms with Crippen LogP contribution in [0.5, 0.6) is 0 Å². The second-order valence-corrected chi connectivity index (χ2v) is 5.95. The molecule has 2 aromatic carbocycles. The third-order valence-electron chi connectivity index (χ3n) is 3.78. The van der Waals surface area contributed by atoms with E-state index >= 15 is 0 Å². The number of hydrogen-bond donors (Lipinski definition) is 1. The lowest BCUT2D eigenvalue weighted by Crippen LogP contribution is -2.18. The second-order valence-electron chi connectivity index (χ2n) is 5.54. The Morgan fingerprint density at radius 1 is 1.23 bits per heavy atom. The number of nitrogens with zero attached hydrogens (tertiary/aromatic N) is 2. The summed E-state index contributed by atoms with van der Waals surface area (Å²) in [6.45, 7) is -0.147. The molecule has 0 saturated heterocycles. The van der Waals surface area contributed by atoms with Gasteiger partial charge in [0, 0.05) is 22.8 Å². The lowest BCUT2D eigenvalue weighted by Gasteiger charge is -2.12. The van der Waals surface area contributed by atoms with E-state index in [2.05, 4.69) is 11.4 Å². The van der Waals surface area contributed by atoms with Crippen LogP contribution in [0.15, 0.2) is 48.7 Å². The summed E-state index contributed by atoms with van der Waals surface area (Å²) in [5.74, 6) is -0.523. The predicted octanol–water partition coefficient (Wildman–Crippen LogP) is 4.82. The number of fused-ring (bicyclic) bond motifs is 1. The quantitative estimate of drug-likeness (QED) is 0.711. The molecule has 0 bridgehead atoms. The Kier molecular flexibility index (Phi) is 4.62. The van der Waals surface area contributed by atoms with Gasteiger partial charge in [0.25, 0.3) is 0 Å². The number of nitriles is 1. The van der Waals surface area contributed by atoms with Gasteiger partial charge in [0.2, 0.25) is 5.91 Å². The largest absolute Gasteiger partial charge is 0.417 e. The molecule has 0 spiro atoms. The molecule has 1 heterocycles. The van der Waals surface area contributed by atoms with Gasteiger partial charge in [-0.2, -0.15) is 18.4 Å². The van der Waals surface area contributed by atoms with Gasteiger partial charge in [0.15, 0.2) is 0 Å². The van der Waals surface area contributed by atoms with Crippen LogP contribution in [0, 0.1) is 11.3 Å². The first-order valence-electron chi connectivity index (χ1n) is 7.44. The van der Waals surface area contributed by atoms with Crippen LogP contribution in [-0.4, -0.2) is 10.5 Å². The maximum atomic E-state index is 12.9. The molecule has 0 unspecified atom stereocenters. The van der Waals surface area contributed by atoms with Gasteiger partial charge >= 0.3 is 6.18 Å². The van der Waals surface area contributed by atoms with E-state index in [-0.39, 0.29) is 12.2 Å². The van der Waals surface area contributed by atoms with Gasteiger partial charge in [-0.3, -0.25) is 4.79 Å². The molecule has 3 aromatic rings. The number of rotatable bonds is 3. The second kappa shape index (κ2) is 6.73. The molecular weight excluding hydrogens is 367 g/mol. The zero-order valence-electron chi connectivity index (χ0n) is 13.1. The maximum absolute atomic E-state index is 12.9. The van der Waals surface area contributed by atoms with Crippen molar-refractivity contribution in [3.63, 3.8) is 0 Å². The number of carbonyl (C=O) groups is 1. The Balaban J connectivity index is 1.84. The molecule has 26 heavy (non-hydrogen) atoms. The zero-order chi connectivity index (χ0) is 18.9. The Hall–Kier alpha value is -2.98. The van der Waals surface area contributed by atoms with Gasteiger partial charge in [-0.05, 0) is 24.3 Å². The zero-order valence-corrected chi connectivity index (χ0v) is 13.9. The molecular formula is C18H11ClF3N3O. The third-order valence-corrected chi connectivity index (χ3v) is 4.11. The Labute approximate surface area is 151 Å². The molecule has 0 saturated carbocycles. The van der Waals surface area contributed by atoms with Gasteiger partial charge < -0.3 is 9.88 Å². The average molecular weight is 378 g/mol. The number of anilines is 1. The molecule has 0 aliphatic carbocycles. The molecule has 0 atom stereocenters. The van der Waals surface area contributed by atoms with Crippen LogP contribution in [0.25, 0.3) is 10.9 Å². The fourth-order valence-electron chi connectivity index (χ4n) is 2.64. The Morgan fingerprint density at radius 3 is 2.65 bits per heavy atom. The van der Waals surface area contributed by atoms with E-state index in [1.807, 2.05) is 0 Å². The van der Waals surface area contributed by atoms with Crippen molar-refractivity contribution >= 4 is 34.1 Å². The first-order chi connectivity index (χ1) is 12.3. The van der Waals surface area contributed by atoms with Crippen LogP contribution in [0.3, 0.4) is 0 Å². The van der Waals surface area contributed by atoms with Crippen LogP contribution in [-0.2, 0) is 17.5 Å². The number of para-hydroxylation sites is 1. The van der Waals surface area contributed by atoms with Crippen molar-refractivity contribution in [3.05, 3.63) is 64.8 Å². The van der Waals surface area contributed by atoms with Gasteiger partial charge in [0.1, 0.15) is 12.6 Å². The highest BCUT2D eigenvalue weighted by atomic mass is 35.5. The molecule has 1 amide bonds. The van der Waals surface area contributed by atoms with Crippen LogP contribution in [0.4, 0.5) is 18.9 Å². The van der Waals surface area contributed by atoms with E-state index in [4.69, 9.17) is 16.9 Å². The summed E-state index contributed by atoms with van der Waals surface area (Å²) in [6.07, 6.45) is -3.08. The molecule has 0 radical (unpaired) electrons. The first kappa shape index (κ1) is 17.8. The van der Waals surface area contributed by atoms with E-state index in [9.17, 15) is 18.0 Å². The number of aromatic nitrogens is 1.